The minimum absolute atomic E-state index is 0.0607. The first-order chi connectivity index (χ1) is 10.6. The Bertz CT molecular complexity index is 636. The standard InChI is InChI=1S/C17H21N3OS/c1-12(15-11-22-16(19-15)14-8-9-14)18-17(21)20(2)10-13-6-4-3-5-7-13/h3-7,11-12,14H,8-10H2,1-2H3,(H,18,21)/t12-/m1/s1. The highest BCUT2D eigenvalue weighted by Crippen LogP contribution is 2.41. The highest BCUT2D eigenvalue weighted by atomic mass is 32.1. The van der Waals surface area contributed by atoms with Gasteiger partial charge in [-0.1, -0.05) is 30.3 Å². The van der Waals surface area contributed by atoms with Crippen LogP contribution in [0.4, 0.5) is 4.79 Å². The van der Waals surface area contributed by atoms with E-state index in [4.69, 9.17) is 0 Å². The van der Waals surface area contributed by atoms with Gasteiger partial charge < -0.3 is 10.2 Å². The van der Waals surface area contributed by atoms with Crippen LogP contribution in [0.3, 0.4) is 0 Å². The Morgan fingerprint density at radius 1 is 1.41 bits per heavy atom. The van der Waals surface area contributed by atoms with Crippen LogP contribution in [-0.4, -0.2) is 23.0 Å². The second-order valence-corrected chi connectivity index (χ2v) is 6.79. The number of benzene rings is 1. The molecule has 3 rings (SSSR count). The van der Waals surface area contributed by atoms with Crippen LogP contribution in [0.1, 0.15) is 48.0 Å². The third-order valence-electron chi connectivity index (χ3n) is 3.86. The molecule has 0 radical (unpaired) electrons. The normalized spacial score (nSPS) is 15.4. The van der Waals surface area contributed by atoms with Crippen LogP contribution in [-0.2, 0) is 6.54 Å². The minimum atomic E-state index is -0.0719. The van der Waals surface area contributed by atoms with Crippen LogP contribution >= 0.6 is 11.3 Å². The molecule has 0 saturated heterocycles. The van der Waals surface area contributed by atoms with Crippen molar-refractivity contribution in [3.63, 3.8) is 0 Å². The van der Waals surface area contributed by atoms with Crippen molar-refractivity contribution < 1.29 is 4.79 Å². The first kappa shape index (κ1) is 15.0. The Balaban J connectivity index is 1.55. The molecular weight excluding hydrogens is 294 g/mol. The van der Waals surface area contributed by atoms with Crippen molar-refractivity contribution in [2.24, 2.45) is 0 Å². The number of urea groups is 1. The molecule has 5 heteroatoms. The summed E-state index contributed by atoms with van der Waals surface area (Å²) in [6.45, 7) is 2.59. The van der Waals surface area contributed by atoms with E-state index in [2.05, 4.69) is 15.7 Å². The number of hydrogen-bond donors (Lipinski definition) is 1. The number of carbonyl (C=O) groups excluding carboxylic acids is 1. The fraction of sp³-hybridized carbons (Fsp3) is 0.412. The average Bonchev–Trinajstić information content (AvgIpc) is 3.25. The molecule has 1 saturated carbocycles. The maximum atomic E-state index is 12.3. The van der Waals surface area contributed by atoms with Crippen molar-refractivity contribution in [1.29, 1.82) is 0 Å². The lowest BCUT2D eigenvalue weighted by molar-refractivity contribution is 0.203. The quantitative estimate of drug-likeness (QED) is 0.909. The van der Waals surface area contributed by atoms with Crippen LogP contribution in [0.2, 0.25) is 0 Å². The second-order valence-electron chi connectivity index (χ2n) is 5.90. The molecule has 1 aliphatic rings. The predicted octanol–water partition coefficient (Wildman–Crippen LogP) is 3.92. The zero-order valence-electron chi connectivity index (χ0n) is 13.0. The molecule has 0 unspecified atom stereocenters. The minimum Gasteiger partial charge on any atom is -0.330 e. The molecule has 0 bridgehead atoms. The largest absolute Gasteiger partial charge is 0.330 e. The molecule has 116 valence electrons. The van der Waals surface area contributed by atoms with Crippen LogP contribution < -0.4 is 5.32 Å². The molecule has 1 heterocycles. The lowest BCUT2D eigenvalue weighted by Gasteiger charge is -2.20. The van der Waals surface area contributed by atoms with Gasteiger partial charge in [-0.05, 0) is 25.3 Å². The molecule has 2 aromatic rings. The number of thiazole rings is 1. The number of amides is 2. The van der Waals surface area contributed by atoms with E-state index in [1.54, 1.807) is 16.2 Å². The Morgan fingerprint density at radius 3 is 2.82 bits per heavy atom. The van der Waals surface area contributed by atoms with E-state index >= 15 is 0 Å². The summed E-state index contributed by atoms with van der Waals surface area (Å²) >= 11 is 1.71. The molecule has 1 atom stereocenters. The van der Waals surface area contributed by atoms with Gasteiger partial charge in [0.1, 0.15) is 0 Å². The van der Waals surface area contributed by atoms with Crippen molar-refractivity contribution in [2.75, 3.05) is 7.05 Å². The third kappa shape index (κ3) is 3.65. The Morgan fingerprint density at radius 2 is 2.14 bits per heavy atom. The second kappa shape index (κ2) is 6.48. The van der Waals surface area contributed by atoms with Gasteiger partial charge in [0.05, 0.1) is 16.7 Å². The summed E-state index contributed by atoms with van der Waals surface area (Å²) in [6, 6.07) is 9.86. The van der Waals surface area contributed by atoms with Gasteiger partial charge in [0.15, 0.2) is 0 Å². The summed E-state index contributed by atoms with van der Waals surface area (Å²) in [6.07, 6.45) is 2.51. The number of hydrogen-bond acceptors (Lipinski definition) is 3. The lowest BCUT2D eigenvalue weighted by atomic mass is 10.2. The van der Waals surface area contributed by atoms with Crippen LogP contribution in [0.25, 0.3) is 0 Å². The summed E-state index contributed by atoms with van der Waals surface area (Å²) < 4.78 is 0. The summed E-state index contributed by atoms with van der Waals surface area (Å²) in [7, 11) is 1.81. The summed E-state index contributed by atoms with van der Waals surface area (Å²) in [5.41, 5.74) is 2.09. The maximum Gasteiger partial charge on any atom is 0.317 e. The first-order valence-corrected chi connectivity index (χ1v) is 8.52. The van der Waals surface area contributed by atoms with Crippen LogP contribution in [0.15, 0.2) is 35.7 Å². The van der Waals surface area contributed by atoms with Crippen molar-refractivity contribution in [3.05, 3.63) is 52.0 Å². The highest BCUT2D eigenvalue weighted by Gasteiger charge is 2.27. The van der Waals surface area contributed by atoms with Gasteiger partial charge in [-0.3, -0.25) is 0 Å². The topological polar surface area (TPSA) is 45.2 Å². The van der Waals surface area contributed by atoms with Gasteiger partial charge in [-0.25, -0.2) is 9.78 Å². The van der Waals surface area contributed by atoms with Gasteiger partial charge in [-0.2, -0.15) is 0 Å². The van der Waals surface area contributed by atoms with E-state index in [-0.39, 0.29) is 12.1 Å². The first-order valence-electron chi connectivity index (χ1n) is 7.64. The van der Waals surface area contributed by atoms with E-state index in [9.17, 15) is 4.79 Å². The van der Waals surface area contributed by atoms with Crippen molar-refractivity contribution in [2.45, 2.75) is 38.3 Å². The number of aromatic nitrogens is 1. The van der Waals surface area contributed by atoms with Crippen molar-refractivity contribution in [1.82, 2.24) is 15.2 Å². The predicted molar refractivity (Wildman–Crippen MR) is 88.9 cm³/mol. The van der Waals surface area contributed by atoms with E-state index in [0.717, 1.165) is 11.3 Å². The smallest absolute Gasteiger partial charge is 0.317 e. The Hall–Kier alpha value is -1.88. The molecule has 1 fully saturated rings. The fourth-order valence-corrected chi connectivity index (χ4v) is 3.40. The molecule has 2 amide bonds. The van der Waals surface area contributed by atoms with Gasteiger partial charge in [0.25, 0.3) is 0 Å². The molecule has 1 aromatic carbocycles. The summed E-state index contributed by atoms with van der Waals surface area (Å²) in [5.74, 6) is 0.669. The fourth-order valence-electron chi connectivity index (χ4n) is 2.32. The van der Waals surface area contributed by atoms with Crippen LogP contribution in [0.5, 0.6) is 0 Å². The molecule has 0 aliphatic heterocycles. The number of rotatable bonds is 5. The van der Waals surface area contributed by atoms with E-state index in [1.165, 1.54) is 17.8 Å². The number of nitrogens with zero attached hydrogens (tertiary/aromatic N) is 2. The zero-order valence-corrected chi connectivity index (χ0v) is 13.8. The Labute approximate surface area is 135 Å². The van der Waals surface area contributed by atoms with Crippen molar-refractivity contribution >= 4 is 17.4 Å². The van der Waals surface area contributed by atoms with Gasteiger partial charge in [-0.15, -0.1) is 11.3 Å². The molecule has 1 aromatic heterocycles. The summed E-state index contributed by atoms with van der Waals surface area (Å²) in [5, 5.41) is 6.30. The van der Waals surface area contributed by atoms with E-state index < -0.39 is 0 Å². The van der Waals surface area contributed by atoms with Gasteiger partial charge in [0.2, 0.25) is 0 Å². The van der Waals surface area contributed by atoms with Gasteiger partial charge >= 0.3 is 6.03 Å². The number of carbonyl (C=O) groups is 1. The van der Waals surface area contributed by atoms with Gasteiger partial charge in [0, 0.05) is 24.9 Å². The molecule has 1 N–H and O–H groups in total. The highest BCUT2D eigenvalue weighted by molar-refractivity contribution is 7.09. The zero-order chi connectivity index (χ0) is 15.5. The molecular formula is C17H21N3OS. The molecule has 1 aliphatic carbocycles. The number of nitrogens with one attached hydrogen (secondary N) is 1. The lowest BCUT2D eigenvalue weighted by Crippen LogP contribution is -2.38. The summed E-state index contributed by atoms with van der Waals surface area (Å²) in [4.78, 5) is 18.6. The average molecular weight is 315 g/mol. The molecule has 22 heavy (non-hydrogen) atoms. The third-order valence-corrected chi connectivity index (χ3v) is 4.88. The SMILES string of the molecule is C[C@@H](NC(=O)N(C)Cc1ccccc1)c1csc(C2CC2)n1. The van der Waals surface area contributed by atoms with Crippen LogP contribution in [0, 0.1) is 0 Å². The van der Waals surface area contributed by atoms with E-state index in [1.807, 2.05) is 44.3 Å². The van der Waals surface area contributed by atoms with Crippen molar-refractivity contribution in [3.8, 4) is 0 Å². The molecule has 0 spiro atoms. The van der Waals surface area contributed by atoms with E-state index in [0.29, 0.717) is 12.5 Å². The molecule has 4 nitrogen and oxygen atoms in total. The maximum absolute atomic E-state index is 12.3. The monoisotopic (exact) mass is 315 g/mol. The Kier molecular flexibility index (Phi) is 4.43.